The van der Waals surface area contributed by atoms with Crippen molar-refractivity contribution in [3.8, 4) is 0 Å². The number of sulfone groups is 1. The lowest BCUT2D eigenvalue weighted by molar-refractivity contribution is -0.117. The van der Waals surface area contributed by atoms with Crippen LogP contribution < -0.4 is 5.32 Å². The number of carbonyl (C=O) groups is 1. The number of anilines is 1. The van der Waals surface area contributed by atoms with Crippen LogP contribution in [0.25, 0.3) is 0 Å². The van der Waals surface area contributed by atoms with E-state index in [2.05, 4.69) is 26.1 Å². The molecule has 0 aromatic heterocycles. The van der Waals surface area contributed by atoms with Crippen molar-refractivity contribution in [2.45, 2.75) is 63.9 Å². The van der Waals surface area contributed by atoms with Gasteiger partial charge in [0.05, 0.1) is 5.25 Å². The van der Waals surface area contributed by atoms with Gasteiger partial charge in [-0.25, -0.2) is 8.42 Å². The molecule has 0 spiro atoms. The van der Waals surface area contributed by atoms with Gasteiger partial charge in [-0.2, -0.15) is 0 Å². The fourth-order valence-electron chi connectivity index (χ4n) is 2.06. The summed E-state index contributed by atoms with van der Waals surface area (Å²) in [5.74, 6) is -0.507. The van der Waals surface area contributed by atoms with Crippen LogP contribution in [0.2, 0.25) is 0 Å². The number of carbonyl (C=O) groups excluding carboxylic acids is 1. The molecule has 0 atom stereocenters. The van der Waals surface area contributed by atoms with Gasteiger partial charge in [-0.05, 0) is 50.8 Å². The molecule has 22 heavy (non-hydrogen) atoms. The van der Waals surface area contributed by atoms with Gasteiger partial charge in [0.2, 0.25) is 5.91 Å². The molecule has 0 aliphatic heterocycles. The van der Waals surface area contributed by atoms with Gasteiger partial charge < -0.3 is 5.32 Å². The van der Waals surface area contributed by atoms with Crippen molar-refractivity contribution < 1.29 is 13.2 Å². The summed E-state index contributed by atoms with van der Waals surface area (Å²) in [4.78, 5) is 12.5. The van der Waals surface area contributed by atoms with Crippen LogP contribution in [-0.2, 0) is 20.0 Å². The Labute approximate surface area is 134 Å². The summed E-state index contributed by atoms with van der Waals surface area (Å²) in [6.45, 7) is 12.3. The number of benzene rings is 1. The second-order valence-electron chi connectivity index (χ2n) is 7.39. The summed E-state index contributed by atoms with van der Waals surface area (Å²) in [5, 5.41) is 2.13. The first-order valence-corrected chi connectivity index (χ1v) is 9.00. The van der Waals surface area contributed by atoms with Crippen molar-refractivity contribution in [3.63, 3.8) is 0 Å². The molecule has 4 nitrogen and oxygen atoms in total. The Balaban J connectivity index is 3.08. The van der Waals surface area contributed by atoms with Crippen LogP contribution in [0.5, 0.6) is 0 Å². The van der Waals surface area contributed by atoms with E-state index in [4.69, 9.17) is 0 Å². The van der Waals surface area contributed by atoms with Gasteiger partial charge in [-0.3, -0.25) is 4.79 Å². The lowest BCUT2D eigenvalue weighted by Crippen LogP contribution is -2.47. The van der Waals surface area contributed by atoms with Crippen molar-refractivity contribution in [3.05, 3.63) is 29.8 Å². The maximum absolute atomic E-state index is 12.5. The van der Waals surface area contributed by atoms with Crippen molar-refractivity contribution in [2.24, 2.45) is 0 Å². The third-order valence-electron chi connectivity index (χ3n) is 3.87. The van der Waals surface area contributed by atoms with Gasteiger partial charge in [0, 0.05) is 5.69 Å². The quantitative estimate of drug-likeness (QED) is 0.921. The first kappa shape index (κ1) is 18.7. The molecule has 0 aliphatic carbocycles. The van der Waals surface area contributed by atoms with Gasteiger partial charge in [-0.1, -0.05) is 32.9 Å². The van der Waals surface area contributed by atoms with E-state index < -0.39 is 25.7 Å². The SMILES string of the molecule is CC(C)S(=O)(=O)C(C)(C)C(=O)Nc1cccc(C(C)(C)C)c1. The molecule has 0 aliphatic rings. The number of nitrogens with one attached hydrogen (secondary N) is 1. The fourth-order valence-corrected chi connectivity index (χ4v) is 3.55. The normalized spacial score (nSPS) is 13.3. The van der Waals surface area contributed by atoms with Crippen molar-refractivity contribution >= 4 is 21.4 Å². The Kier molecular flexibility index (Phi) is 5.12. The number of hydrogen-bond donors (Lipinski definition) is 1. The predicted molar refractivity (Wildman–Crippen MR) is 91.9 cm³/mol. The largest absolute Gasteiger partial charge is 0.325 e. The van der Waals surface area contributed by atoms with Crippen molar-refractivity contribution in [1.29, 1.82) is 0 Å². The minimum atomic E-state index is -3.55. The van der Waals surface area contributed by atoms with Crippen LogP contribution >= 0.6 is 0 Å². The molecule has 0 saturated carbocycles. The summed E-state index contributed by atoms with van der Waals surface area (Å²) in [6, 6.07) is 7.51. The molecule has 1 amide bonds. The molecule has 1 N–H and O–H groups in total. The first-order valence-electron chi connectivity index (χ1n) is 7.45. The van der Waals surface area contributed by atoms with Crippen LogP contribution in [0.4, 0.5) is 5.69 Å². The highest BCUT2D eigenvalue weighted by molar-refractivity contribution is 7.94. The Morgan fingerprint density at radius 1 is 1.09 bits per heavy atom. The highest BCUT2D eigenvalue weighted by atomic mass is 32.2. The van der Waals surface area contributed by atoms with Gasteiger partial charge in [0.25, 0.3) is 0 Å². The molecule has 1 aromatic carbocycles. The van der Waals surface area contributed by atoms with Crippen LogP contribution in [0.1, 0.15) is 54.0 Å². The van der Waals surface area contributed by atoms with E-state index in [0.29, 0.717) is 5.69 Å². The molecule has 124 valence electrons. The van der Waals surface area contributed by atoms with Crippen molar-refractivity contribution in [2.75, 3.05) is 5.32 Å². The molecule has 0 fully saturated rings. The van der Waals surface area contributed by atoms with E-state index in [1.807, 2.05) is 18.2 Å². The van der Waals surface area contributed by atoms with Crippen molar-refractivity contribution in [1.82, 2.24) is 0 Å². The zero-order chi connectivity index (χ0) is 17.3. The third kappa shape index (κ3) is 3.69. The van der Waals surface area contributed by atoms with E-state index in [9.17, 15) is 13.2 Å². The van der Waals surface area contributed by atoms with Gasteiger partial charge in [0.1, 0.15) is 4.75 Å². The average molecular weight is 325 g/mol. The molecule has 0 unspecified atom stereocenters. The van der Waals surface area contributed by atoms with Gasteiger partial charge in [0.15, 0.2) is 9.84 Å². The molecular formula is C17H27NO3S. The van der Waals surface area contributed by atoms with E-state index in [1.165, 1.54) is 13.8 Å². The lowest BCUT2D eigenvalue weighted by atomic mass is 9.87. The molecule has 0 heterocycles. The average Bonchev–Trinajstić information content (AvgIpc) is 2.37. The van der Waals surface area contributed by atoms with E-state index in [0.717, 1.165) is 5.56 Å². The van der Waals surface area contributed by atoms with Gasteiger partial charge in [-0.15, -0.1) is 0 Å². The van der Waals surface area contributed by atoms with Crippen LogP contribution in [0.15, 0.2) is 24.3 Å². The molecular weight excluding hydrogens is 298 g/mol. The number of hydrogen-bond acceptors (Lipinski definition) is 3. The maximum Gasteiger partial charge on any atom is 0.245 e. The van der Waals surface area contributed by atoms with E-state index >= 15 is 0 Å². The zero-order valence-corrected chi connectivity index (χ0v) is 15.3. The molecule has 0 radical (unpaired) electrons. The summed E-state index contributed by atoms with van der Waals surface area (Å²) in [5.41, 5.74) is 1.65. The third-order valence-corrected chi connectivity index (χ3v) is 6.71. The molecule has 1 aromatic rings. The Bertz CT molecular complexity index is 653. The minimum Gasteiger partial charge on any atom is -0.325 e. The summed E-state index contributed by atoms with van der Waals surface area (Å²) in [7, 11) is -3.55. The molecule has 0 bridgehead atoms. The summed E-state index contributed by atoms with van der Waals surface area (Å²) < 4.78 is 23.2. The number of rotatable bonds is 4. The van der Waals surface area contributed by atoms with Crippen LogP contribution in [0, 0.1) is 0 Å². The standard InChI is InChI=1S/C17H27NO3S/c1-12(2)22(20,21)17(6,7)15(19)18-14-10-8-9-13(11-14)16(3,4)5/h8-12H,1-7H3,(H,18,19). The first-order chi connectivity index (χ1) is 9.80. The topological polar surface area (TPSA) is 63.2 Å². The number of amides is 1. The highest BCUT2D eigenvalue weighted by Crippen LogP contribution is 2.27. The van der Waals surface area contributed by atoms with Gasteiger partial charge >= 0.3 is 0 Å². The summed E-state index contributed by atoms with van der Waals surface area (Å²) >= 11 is 0. The Morgan fingerprint density at radius 3 is 2.09 bits per heavy atom. The predicted octanol–water partition coefficient (Wildman–Crippen LogP) is 3.52. The maximum atomic E-state index is 12.5. The highest BCUT2D eigenvalue weighted by Gasteiger charge is 2.43. The monoisotopic (exact) mass is 325 g/mol. The smallest absolute Gasteiger partial charge is 0.245 e. The Hall–Kier alpha value is -1.36. The minimum absolute atomic E-state index is 0.0414. The van der Waals surface area contributed by atoms with E-state index in [-0.39, 0.29) is 5.41 Å². The fraction of sp³-hybridized carbons (Fsp3) is 0.588. The lowest BCUT2D eigenvalue weighted by Gasteiger charge is -2.26. The van der Waals surface area contributed by atoms with E-state index in [1.54, 1.807) is 19.9 Å². The second kappa shape index (κ2) is 6.03. The molecule has 5 heteroatoms. The zero-order valence-electron chi connectivity index (χ0n) is 14.5. The van der Waals surface area contributed by atoms with Crippen LogP contribution in [0.3, 0.4) is 0 Å². The Morgan fingerprint density at radius 2 is 1.64 bits per heavy atom. The summed E-state index contributed by atoms with van der Waals surface area (Å²) in [6.07, 6.45) is 0. The van der Waals surface area contributed by atoms with Crippen LogP contribution in [-0.4, -0.2) is 24.3 Å². The molecule has 0 saturated heterocycles. The molecule has 1 rings (SSSR count). The second-order valence-corrected chi connectivity index (χ2v) is 10.4.